The van der Waals surface area contributed by atoms with Crippen molar-refractivity contribution in [1.29, 1.82) is 5.26 Å². The van der Waals surface area contributed by atoms with Crippen LogP contribution in [0.4, 0.5) is 13.2 Å². The SMILES string of the molecule is COc1ccc(Cn2nc(O)c3cc(C#N)ccc32)c(C(F)(F)F)c1. The maximum atomic E-state index is 13.3. The molecule has 3 rings (SSSR count). The number of halogens is 3. The monoisotopic (exact) mass is 347 g/mol. The molecule has 0 bridgehead atoms. The van der Waals surface area contributed by atoms with Gasteiger partial charge >= 0.3 is 6.18 Å². The van der Waals surface area contributed by atoms with Crippen molar-refractivity contribution in [2.24, 2.45) is 0 Å². The van der Waals surface area contributed by atoms with Gasteiger partial charge < -0.3 is 9.84 Å². The van der Waals surface area contributed by atoms with Crippen molar-refractivity contribution in [2.45, 2.75) is 12.7 Å². The van der Waals surface area contributed by atoms with Crippen LogP contribution in [0.2, 0.25) is 0 Å². The molecule has 1 heterocycles. The Labute approximate surface area is 140 Å². The molecule has 2 aromatic carbocycles. The van der Waals surface area contributed by atoms with E-state index in [1.54, 1.807) is 0 Å². The maximum Gasteiger partial charge on any atom is 0.416 e. The highest BCUT2D eigenvalue weighted by atomic mass is 19.4. The molecule has 128 valence electrons. The van der Waals surface area contributed by atoms with Crippen LogP contribution < -0.4 is 4.74 Å². The van der Waals surface area contributed by atoms with Gasteiger partial charge in [-0.2, -0.15) is 18.4 Å². The molecule has 1 aromatic heterocycles. The van der Waals surface area contributed by atoms with Crippen LogP contribution in [-0.4, -0.2) is 22.0 Å². The van der Waals surface area contributed by atoms with Gasteiger partial charge in [-0.1, -0.05) is 6.07 Å². The van der Waals surface area contributed by atoms with E-state index >= 15 is 0 Å². The van der Waals surface area contributed by atoms with Crippen molar-refractivity contribution >= 4 is 10.9 Å². The Morgan fingerprint density at radius 1 is 1.24 bits per heavy atom. The predicted octanol–water partition coefficient (Wildman–Crippen LogP) is 3.69. The first-order valence-corrected chi connectivity index (χ1v) is 7.17. The van der Waals surface area contributed by atoms with Gasteiger partial charge in [-0.25, -0.2) is 0 Å². The lowest BCUT2D eigenvalue weighted by atomic mass is 10.1. The van der Waals surface area contributed by atoms with Crippen molar-refractivity contribution in [3.05, 3.63) is 53.1 Å². The zero-order chi connectivity index (χ0) is 18.2. The number of methoxy groups -OCH3 is 1. The van der Waals surface area contributed by atoms with E-state index in [9.17, 15) is 18.3 Å². The molecular formula is C17H12F3N3O2. The van der Waals surface area contributed by atoms with Gasteiger partial charge in [0.1, 0.15) is 5.75 Å². The highest BCUT2D eigenvalue weighted by Gasteiger charge is 2.34. The summed E-state index contributed by atoms with van der Waals surface area (Å²) in [5.41, 5.74) is -0.0890. The topological polar surface area (TPSA) is 71.1 Å². The van der Waals surface area contributed by atoms with E-state index in [2.05, 4.69) is 5.10 Å². The number of hydrogen-bond acceptors (Lipinski definition) is 4. The molecule has 25 heavy (non-hydrogen) atoms. The Balaban J connectivity index is 2.09. The van der Waals surface area contributed by atoms with Gasteiger partial charge in [-0.3, -0.25) is 4.68 Å². The third-order valence-corrected chi connectivity index (χ3v) is 3.80. The fourth-order valence-corrected chi connectivity index (χ4v) is 2.60. The number of nitrogens with zero attached hydrogens (tertiary/aromatic N) is 3. The lowest BCUT2D eigenvalue weighted by Crippen LogP contribution is -2.12. The first-order chi connectivity index (χ1) is 11.8. The summed E-state index contributed by atoms with van der Waals surface area (Å²) in [4.78, 5) is 0. The van der Waals surface area contributed by atoms with E-state index in [0.29, 0.717) is 16.5 Å². The van der Waals surface area contributed by atoms with E-state index in [-0.39, 0.29) is 23.7 Å². The van der Waals surface area contributed by atoms with Gasteiger partial charge in [0, 0.05) is 0 Å². The van der Waals surface area contributed by atoms with E-state index in [1.165, 1.54) is 42.1 Å². The Bertz CT molecular complexity index is 987. The molecule has 8 heteroatoms. The van der Waals surface area contributed by atoms with Crippen LogP contribution in [0.3, 0.4) is 0 Å². The molecule has 0 spiro atoms. The van der Waals surface area contributed by atoms with E-state index in [0.717, 1.165) is 6.07 Å². The maximum absolute atomic E-state index is 13.3. The summed E-state index contributed by atoms with van der Waals surface area (Å²) in [5.74, 6) is -0.239. The number of ether oxygens (including phenoxy) is 1. The molecular weight excluding hydrogens is 335 g/mol. The van der Waals surface area contributed by atoms with Crippen LogP contribution in [-0.2, 0) is 12.7 Å². The minimum atomic E-state index is -4.55. The summed E-state index contributed by atoms with van der Waals surface area (Å²) in [6, 6.07) is 10.1. The number of rotatable bonds is 3. The van der Waals surface area contributed by atoms with Gasteiger partial charge in [0.15, 0.2) is 0 Å². The Morgan fingerprint density at radius 2 is 2.00 bits per heavy atom. The largest absolute Gasteiger partial charge is 0.497 e. The standard InChI is InChI=1S/C17H12F3N3O2/c1-25-12-4-3-11(14(7-12)17(18,19)20)9-23-15-5-2-10(8-21)6-13(15)16(24)22-23/h2-7H,9H2,1H3,(H,22,24). The van der Waals surface area contributed by atoms with Crippen LogP contribution in [0.15, 0.2) is 36.4 Å². The third kappa shape index (κ3) is 3.08. The van der Waals surface area contributed by atoms with E-state index in [1.807, 2.05) is 6.07 Å². The average Bonchev–Trinajstić information content (AvgIpc) is 2.89. The number of alkyl halides is 3. The first-order valence-electron chi connectivity index (χ1n) is 7.17. The molecule has 3 aromatic rings. The Hall–Kier alpha value is -3.21. The quantitative estimate of drug-likeness (QED) is 0.784. The van der Waals surface area contributed by atoms with Gasteiger partial charge in [0.25, 0.3) is 0 Å². The lowest BCUT2D eigenvalue weighted by Gasteiger charge is -2.14. The summed E-state index contributed by atoms with van der Waals surface area (Å²) in [6.07, 6.45) is -4.55. The second kappa shape index (κ2) is 6.02. The number of aromatic hydroxyl groups is 1. The molecule has 0 aliphatic carbocycles. The van der Waals surface area contributed by atoms with Gasteiger partial charge in [-0.05, 0) is 35.9 Å². The van der Waals surface area contributed by atoms with Crippen molar-refractivity contribution < 1.29 is 23.0 Å². The van der Waals surface area contributed by atoms with Crippen LogP contribution in [0.1, 0.15) is 16.7 Å². The molecule has 0 amide bonds. The van der Waals surface area contributed by atoms with Gasteiger partial charge in [0.05, 0.1) is 41.8 Å². The van der Waals surface area contributed by atoms with Gasteiger partial charge in [0.2, 0.25) is 5.88 Å². The highest BCUT2D eigenvalue weighted by Crippen LogP contribution is 2.35. The Morgan fingerprint density at radius 3 is 2.64 bits per heavy atom. The van der Waals surface area contributed by atoms with Crippen molar-refractivity contribution in [3.8, 4) is 17.7 Å². The third-order valence-electron chi connectivity index (χ3n) is 3.80. The Kier molecular flexibility index (Phi) is 4.00. The summed E-state index contributed by atoms with van der Waals surface area (Å²) in [5, 5.41) is 23.0. The number of nitriles is 1. The minimum absolute atomic E-state index is 0.0120. The smallest absolute Gasteiger partial charge is 0.416 e. The van der Waals surface area contributed by atoms with Crippen LogP contribution in [0.5, 0.6) is 11.6 Å². The van der Waals surface area contributed by atoms with Crippen LogP contribution in [0, 0.1) is 11.3 Å². The number of hydrogen-bond donors (Lipinski definition) is 1. The van der Waals surface area contributed by atoms with Crippen molar-refractivity contribution in [3.63, 3.8) is 0 Å². The zero-order valence-corrected chi connectivity index (χ0v) is 13.0. The molecule has 0 saturated heterocycles. The lowest BCUT2D eigenvalue weighted by molar-refractivity contribution is -0.138. The normalized spacial score (nSPS) is 11.5. The fourth-order valence-electron chi connectivity index (χ4n) is 2.60. The van der Waals surface area contributed by atoms with E-state index in [4.69, 9.17) is 10.00 Å². The average molecular weight is 347 g/mol. The van der Waals surface area contributed by atoms with E-state index < -0.39 is 11.7 Å². The second-order valence-electron chi connectivity index (χ2n) is 5.35. The number of aromatic nitrogens is 2. The van der Waals surface area contributed by atoms with Crippen LogP contribution in [0.25, 0.3) is 10.9 Å². The molecule has 0 unspecified atom stereocenters. The molecule has 0 aliphatic rings. The van der Waals surface area contributed by atoms with Crippen LogP contribution >= 0.6 is 0 Å². The predicted molar refractivity (Wildman–Crippen MR) is 83.2 cm³/mol. The summed E-state index contributed by atoms with van der Waals surface area (Å²) in [6.45, 7) is -0.193. The second-order valence-corrected chi connectivity index (χ2v) is 5.35. The van der Waals surface area contributed by atoms with Crippen molar-refractivity contribution in [2.75, 3.05) is 7.11 Å². The molecule has 0 fully saturated rings. The summed E-state index contributed by atoms with van der Waals surface area (Å²) in [7, 11) is 1.29. The first kappa shape index (κ1) is 16.6. The fraction of sp³-hybridized carbons (Fsp3) is 0.176. The molecule has 0 saturated carbocycles. The molecule has 1 N–H and O–H groups in total. The molecule has 5 nitrogen and oxygen atoms in total. The van der Waals surface area contributed by atoms with Gasteiger partial charge in [-0.15, -0.1) is 5.10 Å². The number of fused-ring (bicyclic) bond motifs is 1. The molecule has 0 atom stereocenters. The molecule has 0 radical (unpaired) electrons. The zero-order valence-electron chi connectivity index (χ0n) is 13.0. The minimum Gasteiger partial charge on any atom is -0.497 e. The number of benzene rings is 2. The van der Waals surface area contributed by atoms with Crippen molar-refractivity contribution in [1.82, 2.24) is 9.78 Å². The summed E-state index contributed by atoms with van der Waals surface area (Å²) < 4.78 is 46.1. The summed E-state index contributed by atoms with van der Waals surface area (Å²) >= 11 is 0. The highest BCUT2D eigenvalue weighted by molar-refractivity contribution is 5.85. The molecule has 0 aliphatic heterocycles.